The zero-order chi connectivity index (χ0) is 23.0. The number of hydrogen-bond donors (Lipinski definition) is 1. The van der Waals surface area contributed by atoms with Crippen LogP contribution in [0.3, 0.4) is 0 Å². The number of allylic oxidation sites excluding steroid dienone is 2. The van der Waals surface area contributed by atoms with Crippen molar-refractivity contribution in [1.82, 2.24) is 0 Å². The fraction of sp³-hybridized carbons (Fsp3) is 0.393. The van der Waals surface area contributed by atoms with Crippen molar-refractivity contribution in [3.05, 3.63) is 71.3 Å². The molecule has 2 atom stereocenters. The molecule has 0 aromatic heterocycles. The average molecular weight is 447 g/mol. The Morgan fingerprint density at radius 3 is 2.64 bits per heavy atom. The molecule has 172 valence electrons. The lowest BCUT2D eigenvalue weighted by atomic mass is 9.86. The van der Waals surface area contributed by atoms with Crippen molar-refractivity contribution in [2.75, 3.05) is 13.2 Å². The van der Waals surface area contributed by atoms with Gasteiger partial charge in [0.15, 0.2) is 6.29 Å². The summed E-state index contributed by atoms with van der Waals surface area (Å²) in [5.41, 5.74) is 4.62. The Morgan fingerprint density at radius 1 is 1.18 bits per heavy atom. The largest absolute Gasteiger partial charge is 0.489 e. The third kappa shape index (κ3) is 6.25. The Kier molecular flexibility index (Phi) is 7.83. The summed E-state index contributed by atoms with van der Waals surface area (Å²) in [4.78, 5) is 11.1. The molecule has 1 aliphatic heterocycles. The maximum Gasteiger partial charge on any atom is 0.304 e. The summed E-state index contributed by atoms with van der Waals surface area (Å²) in [5.74, 6) is 5.82. The van der Waals surface area contributed by atoms with Crippen molar-refractivity contribution in [2.45, 2.75) is 51.4 Å². The van der Waals surface area contributed by atoms with Gasteiger partial charge in [-0.05, 0) is 66.6 Å². The van der Waals surface area contributed by atoms with E-state index in [1.807, 2.05) is 24.3 Å². The fourth-order valence-electron chi connectivity index (χ4n) is 4.44. The van der Waals surface area contributed by atoms with Gasteiger partial charge in [0, 0.05) is 5.92 Å². The van der Waals surface area contributed by atoms with Gasteiger partial charge in [-0.25, -0.2) is 0 Å². The Hall–Kier alpha value is -3.07. The van der Waals surface area contributed by atoms with E-state index in [9.17, 15) is 4.79 Å². The van der Waals surface area contributed by atoms with Gasteiger partial charge in [0.2, 0.25) is 0 Å². The lowest BCUT2D eigenvalue weighted by Crippen LogP contribution is -2.23. The molecule has 33 heavy (non-hydrogen) atoms. The molecular weight excluding hydrogens is 416 g/mol. The van der Waals surface area contributed by atoms with E-state index < -0.39 is 5.97 Å². The molecule has 1 heterocycles. The van der Waals surface area contributed by atoms with Gasteiger partial charge >= 0.3 is 5.97 Å². The van der Waals surface area contributed by atoms with Crippen LogP contribution in [0.15, 0.2) is 54.6 Å². The number of hydrogen-bond acceptors (Lipinski definition) is 4. The van der Waals surface area contributed by atoms with Crippen LogP contribution in [-0.2, 0) is 20.9 Å². The molecule has 0 spiro atoms. The van der Waals surface area contributed by atoms with Crippen LogP contribution in [0.1, 0.15) is 55.2 Å². The van der Waals surface area contributed by atoms with Crippen LogP contribution < -0.4 is 4.74 Å². The zero-order valence-corrected chi connectivity index (χ0v) is 19.0. The Balaban J connectivity index is 1.35. The summed E-state index contributed by atoms with van der Waals surface area (Å²) in [6.45, 7) is 3.61. The average Bonchev–Trinajstić information content (AvgIpc) is 3.38. The van der Waals surface area contributed by atoms with E-state index in [0.717, 1.165) is 36.1 Å². The summed E-state index contributed by atoms with van der Waals surface area (Å²) < 4.78 is 17.3. The standard InChI is InChI=1S/C28H30O5/c1-2-4-24(18-27(29)30)22-11-13-26(14-12-22)33-19-20-5-3-6-25(17-20)21-7-9-23(10-8-21)28-31-15-16-32-28/h3,5-7,11-14,17,23-24,28H,8-10,15-16,18-19H2,1H3,(H,29,30)/t23?,24-/m0/s1. The number of carboxylic acid groups (broad SMARTS) is 1. The quantitative estimate of drug-likeness (QED) is 0.550. The van der Waals surface area contributed by atoms with Gasteiger partial charge in [0.05, 0.1) is 25.6 Å². The van der Waals surface area contributed by atoms with Crippen LogP contribution in [0.5, 0.6) is 5.75 Å². The van der Waals surface area contributed by atoms with Crippen molar-refractivity contribution in [3.63, 3.8) is 0 Å². The number of carboxylic acids is 1. The van der Waals surface area contributed by atoms with E-state index in [4.69, 9.17) is 19.3 Å². The Labute approximate surface area is 195 Å². The maximum atomic E-state index is 11.1. The maximum absolute atomic E-state index is 11.1. The summed E-state index contributed by atoms with van der Waals surface area (Å²) in [5, 5.41) is 9.11. The van der Waals surface area contributed by atoms with Crippen molar-refractivity contribution in [1.29, 1.82) is 0 Å². The molecular formula is C28H30O5. The molecule has 0 bridgehead atoms. The second-order valence-corrected chi connectivity index (χ2v) is 8.48. The van der Waals surface area contributed by atoms with E-state index in [-0.39, 0.29) is 18.6 Å². The molecule has 4 rings (SSSR count). The number of ether oxygens (including phenoxy) is 3. The molecule has 1 aliphatic carbocycles. The second-order valence-electron chi connectivity index (χ2n) is 8.48. The Bertz CT molecular complexity index is 1040. The first-order chi connectivity index (χ1) is 16.1. The summed E-state index contributed by atoms with van der Waals surface area (Å²) >= 11 is 0. The van der Waals surface area contributed by atoms with E-state index in [1.54, 1.807) is 6.92 Å². The fourth-order valence-corrected chi connectivity index (χ4v) is 4.44. The van der Waals surface area contributed by atoms with Gasteiger partial charge in [0.25, 0.3) is 0 Å². The minimum absolute atomic E-state index is 0.00879. The molecule has 0 saturated carbocycles. The minimum Gasteiger partial charge on any atom is -0.489 e. The summed E-state index contributed by atoms with van der Waals surface area (Å²) in [6.07, 6.45) is 5.36. The number of rotatable bonds is 8. The van der Waals surface area contributed by atoms with Crippen LogP contribution in [0.2, 0.25) is 0 Å². The molecule has 5 heteroatoms. The van der Waals surface area contributed by atoms with Crippen LogP contribution in [0.4, 0.5) is 0 Å². The van der Waals surface area contributed by atoms with Gasteiger partial charge in [-0.15, -0.1) is 5.92 Å². The first-order valence-electron chi connectivity index (χ1n) is 11.5. The lowest BCUT2D eigenvalue weighted by molar-refractivity contribution is -0.137. The number of aliphatic carboxylic acids is 1. The Morgan fingerprint density at radius 2 is 1.97 bits per heavy atom. The number of carbonyl (C=O) groups is 1. The molecule has 0 radical (unpaired) electrons. The van der Waals surface area contributed by atoms with E-state index in [1.165, 1.54) is 11.1 Å². The third-order valence-corrected chi connectivity index (χ3v) is 6.17. The predicted octanol–water partition coefficient (Wildman–Crippen LogP) is 5.40. The second kappa shape index (κ2) is 11.2. The zero-order valence-electron chi connectivity index (χ0n) is 19.0. The molecule has 1 fully saturated rings. The molecule has 2 aromatic rings. The monoisotopic (exact) mass is 446 g/mol. The molecule has 1 N–H and O–H groups in total. The smallest absolute Gasteiger partial charge is 0.304 e. The highest BCUT2D eigenvalue weighted by atomic mass is 16.7. The van der Waals surface area contributed by atoms with Gasteiger partial charge < -0.3 is 19.3 Å². The van der Waals surface area contributed by atoms with Gasteiger partial charge in [0.1, 0.15) is 12.4 Å². The number of benzene rings is 2. The van der Waals surface area contributed by atoms with Crippen LogP contribution in [0, 0.1) is 17.8 Å². The van der Waals surface area contributed by atoms with E-state index >= 15 is 0 Å². The third-order valence-electron chi connectivity index (χ3n) is 6.17. The van der Waals surface area contributed by atoms with E-state index in [2.05, 4.69) is 42.2 Å². The first-order valence-corrected chi connectivity index (χ1v) is 11.5. The van der Waals surface area contributed by atoms with Gasteiger partial charge in [-0.1, -0.05) is 42.3 Å². The molecule has 5 nitrogen and oxygen atoms in total. The first kappa shape index (κ1) is 23.1. The van der Waals surface area contributed by atoms with Gasteiger partial charge in [-0.2, -0.15) is 0 Å². The van der Waals surface area contributed by atoms with Crippen LogP contribution in [-0.4, -0.2) is 30.6 Å². The molecule has 1 unspecified atom stereocenters. The highest BCUT2D eigenvalue weighted by molar-refractivity contribution is 5.69. The highest BCUT2D eigenvalue weighted by Gasteiger charge is 2.28. The molecule has 2 aliphatic rings. The van der Waals surface area contributed by atoms with Gasteiger partial charge in [-0.3, -0.25) is 4.79 Å². The summed E-state index contributed by atoms with van der Waals surface area (Å²) in [6, 6.07) is 16.0. The van der Waals surface area contributed by atoms with E-state index in [0.29, 0.717) is 25.7 Å². The summed E-state index contributed by atoms with van der Waals surface area (Å²) in [7, 11) is 0. The molecule has 0 amide bonds. The normalized spacial score (nSPS) is 19.3. The van der Waals surface area contributed by atoms with Crippen LogP contribution >= 0.6 is 0 Å². The van der Waals surface area contributed by atoms with Crippen LogP contribution in [0.25, 0.3) is 5.57 Å². The SMILES string of the molecule is CC#C[C@@H](CC(=O)O)c1ccc(OCc2cccc(C3=CCC(C4OCCO4)CC3)c2)cc1. The predicted molar refractivity (Wildman–Crippen MR) is 127 cm³/mol. The van der Waals surface area contributed by atoms with Crippen molar-refractivity contribution < 1.29 is 24.1 Å². The minimum atomic E-state index is -0.855. The molecule has 1 saturated heterocycles. The highest BCUT2D eigenvalue weighted by Crippen LogP contribution is 2.34. The van der Waals surface area contributed by atoms with Crippen molar-refractivity contribution >= 4 is 11.5 Å². The molecule has 2 aromatic carbocycles. The lowest BCUT2D eigenvalue weighted by Gasteiger charge is -2.26. The van der Waals surface area contributed by atoms with Crippen molar-refractivity contribution in [2.24, 2.45) is 5.92 Å². The van der Waals surface area contributed by atoms with Crippen molar-refractivity contribution in [3.8, 4) is 17.6 Å². The topological polar surface area (TPSA) is 65.0 Å².